The number of ether oxygens (including phenoxy) is 1. The van der Waals surface area contributed by atoms with Gasteiger partial charge in [-0.2, -0.15) is 0 Å². The van der Waals surface area contributed by atoms with Gasteiger partial charge in [0.15, 0.2) is 0 Å². The summed E-state index contributed by atoms with van der Waals surface area (Å²) < 4.78 is 31.1. The monoisotopic (exact) mass is 277 g/mol. The molecule has 2 rings (SSSR count). The maximum absolute atomic E-state index is 12.8. The molecule has 100 valence electrons. The van der Waals surface area contributed by atoms with E-state index in [1.54, 1.807) is 6.07 Å². The van der Waals surface area contributed by atoms with Crippen LogP contribution >= 0.6 is 11.6 Å². The Bertz CT molecular complexity index is 440. The van der Waals surface area contributed by atoms with Crippen molar-refractivity contribution in [1.29, 1.82) is 0 Å². The van der Waals surface area contributed by atoms with Gasteiger partial charge in [0, 0.05) is 23.6 Å². The number of fused-ring (bicyclic) bond motifs is 1. The zero-order valence-corrected chi connectivity index (χ0v) is 10.4. The van der Waals surface area contributed by atoms with Crippen LogP contribution in [-0.2, 0) is 13.0 Å². The van der Waals surface area contributed by atoms with Crippen LogP contribution in [0.15, 0.2) is 12.1 Å². The van der Waals surface area contributed by atoms with Gasteiger partial charge in [-0.3, -0.25) is 0 Å². The highest BCUT2D eigenvalue weighted by atomic mass is 35.5. The van der Waals surface area contributed by atoms with Crippen molar-refractivity contribution in [3.8, 4) is 5.75 Å². The lowest BCUT2D eigenvalue weighted by Gasteiger charge is -2.15. The molecule has 0 saturated heterocycles. The van der Waals surface area contributed by atoms with Gasteiger partial charge in [0.25, 0.3) is 5.92 Å². The van der Waals surface area contributed by atoms with Gasteiger partial charge in [-0.05, 0) is 17.7 Å². The molecule has 0 bridgehead atoms. The number of benzene rings is 1. The quantitative estimate of drug-likeness (QED) is 0.865. The first kappa shape index (κ1) is 13.5. The summed E-state index contributed by atoms with van der Waals surface area (Å²) in [5.74, 6) is -2.37. The minimum atomic E-state index is -3.11. The summed E-state index contributed by atoms with van der Waals surface area (Å²) in [5, 5.41) is 11.6. The van der Waals surface area contributed by atoms with Gasteiger partial charge in [-0.25, -0.2) is 8.78 Å². The predicted octanol–water partition coefficient (Wildman–Crippen LogP) is 1.99. The highest BCUT2D eigenvalue weighted by molar-refractivity contribution is 6.30. The lowest BCUT2D eigenvalue weighted by molar-refractivity contribution is -0.0477. The molecule has 0 atom stereocenters. The van der Waals surface area contributed by atoms with E-state index < -0.39 is 19.1 Å². The van der Waals surface area contributed by atoms with Gasteiger partial charge >= 0.3 is 0 Å². The maximum Gasteiger partial charge on any atom is 0.282 e. The van der Waals surface area contributed by atoms with Crippen LogP contribution < -0.4 is 10.1 Å². The third-order valence-corrected chi connectivity index (χ3v) is 2.97. The largest absolute Gasteiger partial charge is 0.493 e. The Balaban J connectivity index is 2.02. The molecule has 0 aromatic heterocycles. The number of hydrogen-bond acceptors (Lipinski definition) is 3. The predicted molar refractivity (Wildman–Crippen MR) is 64.4 cm³/mol. The fourth-order valence-corrected chi connectivity index (χ4v) is 2.18. The molecule has 0 unspecified atom stereocenters. The van der Waals surface area contributed by atoms with Gasteiger partial charge in [0.2, 0.25) is 0 Å². The number of hydrogen-bond donors (Lipinski definition) is 2. The number of halogens is 3. The molecular formula is C12H14ClF2NO2. The van der Waals surface area contributed by atoms with E-state index in [1.165, 1.54) is 0 Å². The zero-order valence-electron chi connectivity index (χ0n) is 9.68. The summed E-state index contributed by atoms with van der Waals surface area (Å²) in [7, 11) is 0. The molecule has 0 amide bonds. The smallest absolute Gasteiger partial charge is 0.282 e. The van der Waals surface area contributed by atoms with Crippen LogP contribution in [0, 0.1) is 0 Å². The number of nitrogens with one attached hydrogen (secondary N) is 1. The first-order valence-corrected chi connectivity index (χ1v) is 6.03. The van der Waals surface area contributed by atoms with Crippen LogP contribution in [0.5, 0.6) is 5.75 Å². The highest BCUT2D eigenvalue weighted by Crippen LogP contribution is 2.32. The Labute approximate surface area is 109 Å². The highest BCUT2D eigenvalue weighted by Gasteiger charge is 2.27. The van der Waals surface area contributed by atoms with E-state index >= 15 is 0 Å². The Hall–Kier alpha value is -0.910. The van der Waals surface area contributed by atoms with E-state index in [0.29, 0.717) is 11.6 Å². The van der Waals surface area contributed by atoms with Crippen LogP contribution in [0.3, 0.4) is 0 Å². The number of rotatable bonds is 5. The molecule has 1 aliphatic rings. The molecule has 0 aliphatic carbocycles. The number of aliphatic hydroxyl groups excluding tert-OH is 1. The third kappa shape index (κ3) is 3.10. The Kier molecular flexibility index (Phi) is 4.04. The molecule has 0 fully saturated rings. The molecule has 1 aromatic carbocycles. The molecular weight excluding hydrogens is 264 g/mol. The average Bonchev–Trinajstić information content (AvgIpc) is 2.76. The molecule has 0 radical (unpaired) electrons. The second kappa shape index (κ2) is 5.38. The van der Waals surface area contributed by atoms with Crippen molar-refractivity contribution in [3.63, 3.8) is 0 Å². The summed E-state index contributed by atoms with van der Waals surface area (Å²) in [6.45, 7) is -0.914. The van der Waals surface area contributed by atoms with E-state index in [4.69, 9.17) is 21.4 Å². The molecule has 6 heteroatoms. The van der Waals surface area contributed by atoms with Gasteiger partial charge in [-0.1, -0.05) is 11.6 Å². The van der Waals surface area contributed by atoms with Gasteiger partial charge < -0.3 is 15.2 Å². The second-order valence-corrected chi connectivity index (χ2v) is 4.71. The van der Waals surface area contributed by atoms with E-state index in [0.717, 1.165) is 23.3 Å². The van der Waals surface area contributed by atoms with Crippen molar-refractivity contribution < 1.29 is 18.6 Å². The Morgan fingerprint density at radius 2 is 2.22 bits per heavy atom. The average molecular weight is 278 g/mol. The van der Waals surface area contributed by atoms with Crippen LogP contribution in [0.2, 0.25) is 5.02 Å². The first-order chi connectivity index (χ1) is 8.52. The van der Waals surface area contributed by atoms with Crippen molar-refractivity contribution in [2.45, 2.75) is 18.9 Å². The van der Waals surface area contributed by atoms with E-state index in [1.807, 2.05) is 6.07 Å². The lowest BCUT2D eigenvalue weighted by atomic mass is 10.1. The lowest BCUT2D eigenvalue weighted by Crippen LogP contribution is -2.35. The number of aliphatic hydroxyl groups is 1. The molecule has 1 aromatic rings. The summed E-state index contributed by atoms with van der Waals surface area (Å²) >= 11 is 5.95. The third-order valence-electron chi connectivity index (χ3n) is 2.76. The number of alkyl halides is 2. The van der Waals surface area contributed by atoms with Gasteiger partial charge in [-0.15, -0.1) is 0 Å². The van der Waals surface area contributed by atoms with Gasteiger partial charge in [0.1, 0.15) is 12.4 Å². The molecule has 1 heterocycles. The van der Waals surface area contributed by atoms with Crippen LogP contribution in [0.25, 0.3) is 0 Å². The minimum absolute atomic E-state index is 0.235. The minimum Gasteiger partial charge on any atom is -0.493 e. The van der Waals surface area contributed by atoms with E-state index in [-0.39, 0.29) is 6.54 Å². The molecule has 3 nitrogen and oxygen atoms in total. The van der Waals surface area contributed by atoms with Gasteiger partial charge in [0.05, 0.1) is 13.2 Å². The standard InChI is InChI=1S/C12H14ClF2NO2/c13-10-3-8-1-2-18-11(8)9(4-10)5-16-6-12(14,15)7-17/h3-4,16-17H,1-2,5-7H2. The van der Waals surface area contributed by atoms with Crippen molar-refractivity contribution in [1.82, 2.24) is 5.32 Å². The fourth-order valence-electron chi connectivity index (χ4n) is 1.91. The first-order valence-electron chi connectivity index (χ1n) is 5.65. The molecule has 1 aliphatic heterocycles. The van der Waals surface area contributed by atoms with Crippen LogP contribution in [0.4, 0.5) is 8.78 Å². The van der Waals surface area contributed by atoms with Crippen molar-refractivity contribution in [2.24, 2.45) is 0 Å². The summed E-state index contributed by atoms with van der Waals surface area (Å²) in [5.41, 5.74) is 1.77. The summed E-state index contributed by atoms with van der Waals surface area (Å²) in [6, 6.07) is 3.53. The zero-order chi connectivity index (χ0) is 13.2. The molecule has 0 spiro atoms. The normalized spacial score (nSPS) is 14.4. The molecule has 0 saturated carbocycles. The Morgan fingerprint density at radius 3 is 2.94 bits per heavy atom. The van der Waals surface area contributed by atoms with Crippen molar-refractivity contribution >= 4 is 11.6 Å². The second-order valence-electron chi connectivity index (χ2n) is 4.27. The topological polar surface area (TPSA) is 41.5 Å². The summed E-state index contributed by atoms with van der Waals surface area (Å²) in [6.07, 6.45) is 0.787. The molecule has 18 heavy (non-hydrogen) atoms. The molecule has 2 N–H and O–H groups in total. The van der Waals surface area contributed by atoms with Crippen LogP contribution in [-0.4, -0.2) is 30.8 Å². The Morgan fingerprint density at radius 1 is 1.44 bits per heavy atom. The van der Waals surface area contributed by atoms with E-state index in [2.05, 4.69) is 5.32 Å². The summed E-state index contributed by atoms with van der Waals surface area (Å²) in [4.78, 5) is 0. The SMILES string of the molecule is OCC(F)(F)CNCc1cc(Cl)cc2c1OCC2. The van der Waals surface area contributed by atoms with Crippen LogP contribution in [0.1, 0.15) is 11.1 Å². The fraction of sp³-hybridized carbons (Fsp3) is 0.500. The van der Waals surface area contributed by atoms with Crippen molar-refractivity contribution in [3.05, 3.63) is 28.3 Å². The maximum atomic E-state index is 12.8. The van der Waals surface area contributed by atoms with Crippen molar-refractivity contribution in [2.75, 3.05) is 19.8 Å². The van der Waals surface area contributed by atoms with E-state index in [9.17, 15) is 8.78 Å².